The Hall–Kier alpha value is -6.08. The van der Waals surface area contributed by atoms with E-state index in [0.29, 0.717) is 36.7 Å². The van der Waals surface area contributed by atoms with Crippen LogP contribution in [0.3, 0.4) is 0 Å². The first-order valence-electron chi connectivity index (χ1n) is 15.9. The standard InChI is InChI=1S/C36H33N7O6/c1-21-5-9-30(34(45)41-21)43-35(46)25-3-2-4-28(33(25)36(43)47)38-13-15-48-16-14-39-31(44)20-49-32-10-7-23(18-40-32)22-6-8-24-26-19-37-12-11-27(26)42-29(24)17-22/h2-4,6-8,10-12,17-19,30,38,42H,1,5,9,13-16,20H2,(H,39,44)(H,41,45). The Bertz CT molecular complexity index is 2110. The van der Waals surface area contributed by atoms with Crippen LogP contribution in [0.4, 0.5) is 5.69 Å². The van der Waals surface area contributed by atoms with Gasteiger partial charge in [-0.3, -0.25) is 29.1 Å². The van der Waals surface area contributed by atoms with Gasteiger partial charge in [-0.25, -0.2) is 4.98 Å². The molecule has 2 aliphatic heterocycles. The zero-order chi connectivity index (χ0) is 33.9. The summed E-state index contributed by atoms with van der Waals surface area (Å²) in [4.78, 5) is 64.1. The van der Waals surface area contributed by atoms with Gasteiger partial charge in [0.1, 0.15) is 6.04 Å². The largest absolute Gasteiger partial charge is 0.468 e. The minimum atomic E-state index is -0.872. The molecule has 4 N–H and O–H groups in total. The van der Waals surface area contributed by atoms with Gasteiger partial charge in [0.25, 0.3) is 17.7 Å². The van der Waals surface area contributed by atoms with Crippen molar-refractivity contribution >= 4 is 51.1 Å². The van der Waals surface area contributed by atoms with E-state index >= 15 is 0 Å². The number of hydrogen-bond acceptors (Lipinski definition) is 9. The van der Waals surface area contributed by atoms with Crippen molar-refractivity contribution in [1.82, 2.24) is 30.5 Å². The first-order chi connectivity index (χ1) is 23.9. The summed E-state index contributed by atoms with van der Waals surface area (Å²) in [6.45, 7) is 4.74. The van der Waals surface area contributed by atoms with Gasteiger partial charge in [-0.15, -0.1) is 0 Å². The number of benzene rings is 2. The molecule has 0 radical (unpaired) electrons. The fourth-order valence-electron chi connectivity index (χ4n) is 6.12. The van der Waals surface area contributed by atoms with E-state index < -0.39 is 23.8 Å². The number of ether oxygens (including phenoxy) is 2. The van der Waals surface area contributed by atoms with E-state index in [1.165, 1.54) is 0 Å². The van der Waals surface area contributed by atoms with Crippen molar-refractivity contribution in [2.24, 2.45) is 0 Å². The van der Waals surface area contributed by atoms with Gasteiger partial charge in [0.2, 0.25) is 11.8 Å². The van der Waals surface area contributed by atoms with Crippen molar-refractivity contribution in [3.8, 4) is 17.0 Å². The molecule has 0 aliphatic carbocycles. The lowest BCUT2D eigenvalue weighted by molar-refractivity contribution is -0.125. The van der Waals surface area contributed by atoms with E-state index in [-0.39, 0.29) is 43.4 Å². The second kappa shape index (κ2) is 13.6. The third kappa shape index (κ3) is 6.43. The van der Waals surface area contributed by atoms with Gasteiger partial charge in [-0.2, -0.15) is 0 Å². The predicted octanol–water partition coefficient (Wildman–Crippen LogP) is 3.79. The van der Waals surface area contributed by atoms with E-state index in [4.69, 9.17) is 9.47 Å². The number of imide groups is 1. The number of carbonyl (C=O) groups is 4. The van der Waals surface area contributed by atoms with Crippen LogP contribution in [0.25, 0.3) is 32.9 Å². The molecule has 5 heterocycles. The topological polar surface area (TPSA) is 168 Å². The molecule has 7 rings (SSSR count). The molecular formula is C36H33N7O6. The maximum absolute atomic E-state index is 13.2. The van der Waals surface area contributed by atoms with Crippen LogP contribution < -0.4 is 20.7 Å². The molecule has 5 aromatic rings. The van der Waals surface area contributed by atoms with Gasteiger partial charge in [0.15, 0.2) is 6.61 Å². The maximum Gasteiger partial charge on any atom is 0.264 e. The van der Waals surface area contributed by atoms with Crippen LogP contribution in [0.15, 0.2) is 85.5 Å². The van der Waals surface area contributed by atoms with Crippen LogP contribution in [-0.4, -0.2) is 82.4 Å². The number of pyridine rings is 2. The summed E-state index contributed by atoms with van der Waals surface area (Å²) >= 11 is 0. The van der Waals surface area contributed by atoms with Gasteiger partial charge in [-0.1, -0.05) is 24.8 Å². The van der Waals surface area contributed by atoms with Gasteiger partial charge in [0.05, 0.1) is 24.3 Å². The first-order valence-corrected chi connectivity index (χ1v) is 15.9. The zero-order valence-electron chi connectivity index (χ0n) is 26.5. The molecule has 248 valence electrons. The fraction of sp³-hybridized carbons (Fsp3) is 0.222. The number of fused-ring (bicyclic) bond motifs is 4. The molecule has 0 bridgehead atoms. The highest BCUT2D eigenvalue weighted by Crippen LogP contribution is 2.33. The summed E-state index contributed by atoms with van der Waals surface area (Å²) in [6.07, 6.45) is 6.15. The number of aromatic amines is 1. The Morgan fingerprint density at radius 1 is 0.959 bits per heavy atom. The van der Waals surface area contributed by atoms with Crippen molar-refractivity contribution in [2.75, 3.05) is 38.2 Å². The van der Waals surface area contributed by atoms with Crippen molar-refractivity contribution in [1.29, 1.82) is 0 Å². The Morgan fingerprint density at radius 2 is 1.82 bits per heavy atom. The van der Waals surface area contributed by atoms with Crippen molar-refractivity contribution in [3.63, 3.8) is 0 Å². The highest BCUT2D eigenvalue weighted by Gasteiger charge is 2.45. The summed E-state index contributed by atoms with van der Waals surface area (Å²) < 4.78 is 11.2. The number of allylic oxidation sites excluding steroid dienone is 1. The molecule has 49 heavy (non-hydrogen) atoms. The highest BCUT2D eigenvalue weighted by atomic mass is 16.5. The number of aromatic nitrogens is 3. The molecule has 3 aromatic heterocycles. The SMILES string of the molecule is C=C1CCC(N2C(=O)c3cccc(NCCOCCNC(=O)COc4ccc(-c5ccc6c(c5)[nH]c5ccncc56)cn4)c3C2=O)C(=O)N1. The van der Waals surface area contributed by atoms with Gasteiger partial charge < -0.3 is 30.4 Å². The molecule has 1 unspecified atom stereocenters. The van der Waals surface area contributed by atoms with E-state index in [1.54, 1.807) is 36.7 Å². The number of amides is 4. The smallest absolute Gasteiger partial charge is 0.264 e. The molecule has 0 saturated carbocycles. The van der Waals surface area contributed by atoms with Gasteiger partial charge in [0, 0.05) is 76.5 Å². The lowest BCUT2D eigenvalue weighted by Gasteiger charge is -2.29. The number of hydrogen-bond donors (Lipinski definition) is 4. The van der Waals surface area contributed by atoms with Crippen molar-refractivity contribution in [2.45, 2.75) is 18.9 Å². The fourth-order valence-corrected chi connectivity index (χ4v) is 6.12. The molecular weight excluding hydrogens is 626 g/mol. The Labute approximate surface area is 280 Å². The molecule has 13 heteroatoms. The zero-order valence-corrected chi connectivity index (χ0v) is 26.5. The average Bonchev–Trinajstić information content (AvgIpc) is 3.61. The third-order valence-electron chi connectivity index (χ3n) is 8.53. The molecule has 1 fully saturated rings. The molecule has 2 aliphatic rings. The first kappa shape index (κ1) is 31.5. The second-order valence-corrected chi connectivity index (χ2v) is 11.7. The molecule has 4 amide bonds. The number of nitrogens with one attached hydrogen (secondary N) is 4. The number of carbonyl (C=O) groups excluding carboxylic acids is 4. The maximum atomic E-state index is 13.2. The van der Waals surface area contributed by atoms with E-state index in [0.717, 1.165) is 37.8 Å². The van der Waals surface area contributed by atoms with Crippen molar-refractivity contribution in [3.05, 3.63) is 96.6 Å². The second-order valence-electron chi connectivity index (χ2n) is 11.7. The van der Waals surface area contributed by atoms with Crippen LogP contribution in [0.5, 0.6) is 5.88 Å². The van der Waals surface area contributed by atoms with E-state index in [1.807, 2.05) is 24.4 Å². The Morgan fingerprint density at radius 3 is 2.65 bits per heavy atom. The number of H-pyrrole nitrogens is 1. The van der Waals surface area contributed by atoms with Gasteiger partial charge in [-0.05, 0) is 48.7 Å². The monoisotopic (exact) mass is 659 g/mol. The van der Waals surface area contributed by atoms with E-state index in [9.17, 15) is 19.2 Å². The number of nitrogens with zero attached hydrogens (tertiary/aromatic N) is 3. The summed E-state index contributed by atoms with van der Waals surface area (Å²) in [5, 5.41) is 10.7. The summed E-state index contributed by atoms with van der Waals surface area (Å²) in [5.41, 5.74) is 5.52. The minimum Gasteiger partial charge on any atom is -0.468 e. The summed E-state index contributed by atoms with van der Waals surface area (Å²) in [6, 6.07) is 15.8. The Balaban J connectivity index is 0.822. The van der Waals surface area contributed by atoms with Crippen LogP contribution in [0.2, 0.25) is 0 Å². The molecule has 13 nitrogen and oxygen atoms in total. The number of anilines is 1. The molecule has 0 spiro atoms. The minimum absolute atomic E-state index is 0.191. The average molecular weight is 660 g/mol. The van der Waals surface area contributed by atoms with Crippen LogP contribution >= 0.6 is 0 Å². The van der Waals surface area contributed by atoms with Crippen molar-refractivity contribution < 1.29 is 28.7 Å². The molecule has 1 saturated heterocycles. The molecule has 2 aromatic carbocycles. The quantitative estimate of drug-likeness (QED) is 0.115. The normalized spacial score (nSPS) is 15.8. The predicted molar refractivity (Wildman–Crippen MR) is 182 cm³/mol. The van der Waals surface area contributed by atoms with Crippen LogP contribution in [0, 0.1) is 0 Å². The van der Waals surface area contributed by atoms with E-state index in [2.05, 4.69) is 49.6 Å². The summed E-state index contributed by atoms with van der Waals surface area (Å²) in [7, 11) is 0. The Kier molecular flexibility index (Phi) is 8.73. The lowest BCUT2D eigenvalue weighted by Crippen LogP contribution is -2.51. The number of piperidine rings is 1. The highest BCUT2D eigenvalue weighted by molar-refractivity contribution is 6.25. The number of rotatable bonds is 12. The molecule has 1 atom stereocenters. The van der Waals surface area contributed by atoms with Crippen LogP contribution in [-0.2, 0) is 14.3 Å². The summed E-state index contributed by atoms with van der Waals surface area (Å²) in [5.74, 6) is -1.38. The lowest BCUT2D eigenvalue weighted by atomic mass is 10.0. The van der Waals surface area contributed by atoms with Gasteiger partial charge >= 0.3 is 0 Å². The van der Waals surface area contributed by atoms with Crippen LogP contribution in [0.1, 0.15) is 33.6 Å². The third-order valence-corrected chi connectivity index (χ3v) is 8.53.